The van der Waals surface area contributed by atoms with Gasteiger partial charge < -0.3 is 9.32 Å². The van der Waals surface area contributed by atoms with Crippen molar-refractivity contribution in [1.82, 2.24) is 9.80 Å². The second kappa shape index (κ2) is 5.85. The summed E-state index contributed by atoms with van der Waals surface area (Å²) < 4.78 is 5.38. The van der Waals surface area contributed by atoms with Crippen molar-refractivity contribution in [2.45, 2.75) is 25.4 Å². The van der Waals surface area contributed by atoms with Crippen molar-refractivity contribution in [2.75, 3.05) is 26.7 Å². The van der Waals surface area contributed by atoms with Crippen LogP contribution >= 0.6 is 0 Å². The zero-order valence-corrected chi connectivity index (χ0v) is 10.3. The van der Waals surface area contributed by atoms with E-state index in [1.165, 1.54) is 0 Å². The van der Waals surface area contributed by atoms with E-state index in [-0.39, 0.29) is 0 Å². The first-order valence-corrected chi connectivity index (χ1v) is 6.11. The predicted molar refractivity (Wildman–Crippen MR) is 65.3 cm³/mol. The summed E-state index contributed by atoms with van der Waals surface area (Å²) in [6.45, 7) is 3.95. The Hall–Kier alpha value is -1.31. The minimum atomic E-state index is 0.345. The first-order valence-electron chi connectivity index (χ1n) is 6.11. The molecule has 1 unspecified atom stereocenters. The van der Waals surface area contributed by atoms with Gasteiger partial charge in [-0.15, -0.1) is 0 Å². The first kappa shape index (κ1) is 12.2. The van der Waals surface area contributed by atoms with Crippen molar-refractivity contribution in [3.05, 3.63) is 24.2 Å². The number of nitrogens with zero attached hydrogens (tertiary/aromatic N) is 3. The zero-order valence-electron chi connectivity index (χ0n) is 10.3. The lowest BCUT2D eigenvalue weighted by Gasteiger charge is -2.26. The van der Waals surface area contributed by atoms with Gasteiger partial charge in [0.25, 0.3) is 0 Å². The van der Waals surface area contributed by atoms with Gasteiger partial charge >= 0.3 is 0 Å². The van der Waals surface area contributed by atoms with Crippen LogP contribution in [0.1, 0.15) is 18.6 Å². The molecule has 0 aliphatic carbocycles. The Morgan fingerprint density at radius 3 is 3.12 bits per heavy atom. The van der Waals surface area contributed by atoms with Gasteiger partial charge in [-0.25, -0.2) is 0 Å². The van der Waals surface area contributed by atoms with E-state index in [0.29, 0.717) is 12.5 Å². The largest absolute Gasteiger partial charge is 0.468 e. The number of rotatable bonds is 3. The Morgan fingerprint density at radius 1 is 1.53 bits per heavy atom. The highest BCUT2D eigenvalue weighted by atomic mass is 16.3. The zero-order chi connectivity index (χ0) is 12.1. The van der Waals surface area contributed by atoms with Crippen LogP contribution in [0.3, 0.4) is 0 Å². The fraction of sp³-hybridized carbons (Fsp3) is 0.615. The molecule has 1 saturated heterocycles. The fourth-order valence-electron chi connectivity index (χ4n) is 2.35. The van der Waals surface area contributed by atoms with Crippen LogP contribution in [-0.2, 0) is 6.54 Å². The van der Waals surface area contributed by atoms with Crippen LogP contribution < -0.4 is 0 Å². The van der Waals surface area contributed by atoms with E-state index >= 15 is 0 Å². The number of hydrogen-bond acceptors (Lipinski definition) is 4. The summed E-state index contributed by atoms with van der Waals surface area (Å²) >= 11 is 0. The minimum absolute atomic E-state index is 0.345. The maximum absolute atomic E-state index is 8.86. The molecule has 1 aliphatic heterocycles. The fourth-order valence-corrected chi connectivity index (χ4v) is 2.35. The monoisotopic (exact) mass is 233 g/mol. The van der Waals surface area contributed by atoms with Crippen molar-refractivity contribution < 1.29 is 4.42 Å². The van der Waals surface area contributed by atoms with E-state index in [9.17, 15) is 0 Å². The molecule has 0 amide bonds. The van der Waals surface area contributed by atoms with Crippen LogP contribution in [0.2, 0.25) is 0 Å². The van der Waals surface area contributed by atoms with Crippen molar-refractivity contribution in [3.63, 3.8) is 0 Å². The van der Waals surface area contributed by atoms with Gasteiger partial charge in [0.15, 0.2) is 0 Å². The second-order valence-corrected chi connectivity index (χ2v) is 4.66. The van der Waals surface area contributed by atoms with Crippen LogP contribution in [0, 0.1) is 11.3 Å². The molecule has 1 atom stereocenters. The maximum atomic E-state index is 8.86. The molecule has 0 bridgehead atoms. The molecule has 0 N–H and O–H groups in total. The Balaban J connectivity index is 1.96. The van der Waals surface area contributed by atoms with Gasteiger partial charge in [-0.3, -0.25) is 4.90 Å². The predicted octanol–water partition coefficient (Wildman–Crippen LogP) is 1.70. The van der Waals surface area contributed by atoms with Crippen molar-refractivity contribution in [2.24, 2.45) is 0 Å². The third kappa shape index (κ3) is 3.32. The van der Waals surface area contributed by atoms with Crippen LogP contribution in [0.25, 0.3) is 0 Å². The Bertz CT molecular complexity index is 369. The molecule has 0 aromatic carbocycles. The quantitative estimate of drug-likeness (QED) is 0.797. The number of likely N-dealkylation sites (N-methyl/N-ethyl adjacent to an activating group) is 1. The molecule has 1 aromatic rings. The summed E-state index contributed by atoms with van der Waals surface area (Å²) in [5.74, 6) is 1.00. The molecule has 0 saturated carbocycles. The van der Waals surface area contributed by atoms with Gasteiger partial charge in [0.05, 0.1) is 25.3 Å². The summed E-state index contributed by atoms with van der Waals surface area (Å²) in [7, 11) is 2.11. The van der Waals surface area contributed by atoms with E-state index in [0.717, 1.165) is 38.4 Å². The van der Waals surface area contributed by atoms with Gasteiger partial charge in [0.1, 0.15) is 5.76 Å². The third-order valence-electron chi connectivity index (χ3n) is 3.36. The lowest BCUT2D eigenvalue weighted by molar-refractivity contribution is 0.196. The summed E-state index contributed by atoms with van der Waals surface area (Å²) in [6, 6.07) is 6.56. The van der Waals surface area contributed by atoms with E-state index in [4.69, 9.17) is 9.68 Å². The summed E-state index contributed by atoms with van der Waals surface area (Å²) in [5.41, 5.74) is 0. The highest BCUT2D eigenvalue weighted by molar-refractivity contribution is 4.98. The molecule has 92 valence electrons. The van der Waals surface area contributed by atoms with Crippen LogP contribution in [0.15, 0.2) is 22.8 Å². The standard InChI is InChI=1S/C13H19N3O/c1-15-7-3-8-16(10-12(15)5-6-14)11-13-4-2-9-17-13/h2,4,9,12H,3,5,7-8,10-11H2,1H3. The molecule has 2 rings (SSSR count). The van der Waals surface area contributed by atoms with Crippen molar-refractivity contribution >= 4 is 0 Å². The molecule has 4 heteroatoms. The minimum Gasteiger partial charge on any atom is -0.468 e. The molecule has 1 fully saturated rings. The molecular weight excluding hydrogens is 214 g/mol. The van der Waals surface area contributed by atoms with E-state index in [2.05, 4.69) is 22.9 Å². The third-order valence-corrected chi connectivity index (χ3v) is 3.36. The Kier molecular flexibility index (Phi) is 4.18. The number of nitriles is 1. The van der Waals surface area contributed by atoms with Gasteiger partial charge in [0.2, 0.25) is 0 Å². The Morgan fingerprint density at radius 2 is 2.41 bits per heavy atom. The SMILES string of the molecule is CN1CCCN(Cc2ccco2)CC1CC#N. The highest BCUT2D eigenvalue weighted by Gasteiger charge is 2.22. The molecule has 0 radical (unpaired) electrons. The average Bonchev–Trinajstić information content (AvgIpc) is 2.74. The summed E-state index contributed by atoms with van der Waals surface area (Å²) in [4.78, 5) is 4.68. The van der Waals surface area contributed by atoms with Gasteiger partial charge in [-0.1, -0.05) is 0 Å². The normalized spacial score (nSPS) is 23.2. The van der Waals surface area contributed by atoms with Gasteiger partial charge in [-0.2, -0.15) is 5.26 Å². The van der Waals surface area contributed by atoms with Crippen LogP contribution in [0.5, 0.6) is 0 Å². The van der Waals surface area contributed by atoms with E-state index in [1.54, 1.807) is 6.26 Å². The molecule has 1 aliphatic rings. The number of hydrogen-bond donors (Lipinski definition) is 0. The highest BCUT2D eigenvalue weighted by Crippen LogP contribution is 2.14. The lowest BCUT2D eigenvalue weighted by atomic mass is 10.2. The lowest BCUT2D eigenvalue weighted by Crippen LogP contribution is -2.38. The Labute approximate surface area is 102 Å². The van der Waals surface area contributed by atoms with E-state index in [1.807, 2.05) is 12.1 Å². The van der Waals surface area contributed by atoms with E-state index < -0.39 is 0 Å². The van der Waals surface area contributed by atoms with Crippen molar-refractivity contribution in [1.29, 1.82) is 5.26 Å². The number of furan rings is 1. The molecule has 17 heavy (non-hydrogen) atoms. The van der Waals surface area contributed by atoms with Crippen LogP contribution in [-0.4, -0.2) is 42.5 Å². The molecule has 0 spiro atoms. The van der Waals surface area contributed by atoms with Crippen molar-refractivity contribution in [3.8, 4) is 6.07 Å². The van der Waals surface area contributed by atoms with Gasteiger partial charge in [-0.05, 0) is 38.7 Å². The second-order valence-electron chi connectivity index (χ2n) is 4.66. The molecule has 2 heterocycles. The first-order chi connectivity index (χ1) is 8.29. The summed E-state index contributed by atoms with van der Waals surface area (Å²) in [6.07, 6.45) is 3.47. The summed E-state index contributed by atoms with van der Waals surface area (Å²) in [5, 5.41) is 8.86. The van der Waals surface area contributed by atoms with Gasteiger partial charge in [0, 0.05) is 12.6 Å². The average molecular weight is 233 g/mol. The van der Waals surface area contributed by atoms with Crippen LogP contribution in [0.4, 0.5) is 0 Å². The molecule has 4 nitrogen and oxygen atoms in total. The molecular formula is C13H19N3O. The molecule has 1 aromatic heterocycles. The topological polar surface area (TPSA) is 43.4 Å². The maximum Gasteiger partial charge on any atom is 0.117 e. The smallest absolute Gasteiger partial charge is 0.117 e.